The van der Waals surface area contributed by atoms with Gasteiger partial charge in [0.2, 0.25) is 0 Å². The number of anilines is 1. The van der Waals surface area contributed by atoms with Gasteiger partial charge in [-0.05, 0) is 31.5 Å². The van der Waals surface area contributed by atoms with Gasteiger partial charge in [-0.25, -0.2) is 4.39 Å². The van der Waals surface area contributed by atoms with E-state index >= 15 is 0 Å². The molecule has 4 nitrogen and oxygen atoms in total. The first-order valence-electron chi connectivity index (χ1n) is 6.54. The molecular weight excluding hydrogens is 247 g/mol. The van der Waals surface area contributed by atoms with Crippen molar-refractivity contribution in [2.24, 2.45) is 5.92 Å². The smallest absolute Gasteiger partial charge is 0.256 e. The normalized spacial score (nSPS) is 18.5. The molecule has 0 saturated carbocycles. The highest BCUT2D eigenvalue weighted by molar-refractivity contribution is 5.99. The summed E-state index contributed by atoms with van der Waals surface area (Å²) in [5.74, 6) is -0.303. The molecule has 1 aliphatic heterocycles. The zero-order valence-corrected chi connectivity index (χ0v) is 11.1. The van der Waals surface area contributed by atoms with Crippen LogP contribution in [0.1, 0.15) is 23.7 Å². The van der Waals surface area contributed by atoms with E-state index in [1.54, 1.807) is 4.90 Å². The van der Waals surface area contributed by atoms with Gasteiger partial charge in [-0.15, -0.1) is 0 Å². The average Bonchev–Trinajstić information content (AvgIpc) is 2.91. The van der Waals surface area contributed by atoms with E-state index < -0.39 is 5.82 Å². The highest BCUT2D eigenvalue weighted by Crippen LogP contribution is 2.19. The van der Waals surface area contributed by atoms with Crippen LogP contribution in [0, 0.1) is 11.7 Å². The Kier molecular flexibility index (Phi) is 4.37. The lowest BCUT2D eigenvalue weighted by molar-refractivity contribution is 0.0731. The molecule has 1 fully saturated rings. The highest BCUT2D eigenvalue weighted by atomic mass is 19.1. The molecule has 0 spiro atoms. The van der Waals surface area contributed by atoms with E-state index in [-0.39, 0.29) is 11.5 Å². The summed E-state index contributed by atoms with van der Waals surface area (Å²) in [5, 5.41) is 0. The monoisotopic (exact) mass is 266 g/mol. The molecule has 5 heteroatoms. The number of rotatable bonds is 4. The van der Waals surface area contributed by atoms with Crippen molar-refractivity contribution in [2.45, 2.75) is 13.3 Å². The summed E-state index contributed by atoms with van der Waals surface area (Å²) in [6.07, 6.45) is 0.961. The summed E-state index contributed by atoms with van der Waals surface area (Å²) in [4.78, 5) is 14.1. The Labute approximate surface area is 112 Å². The summed E-state index contributed by atoms with van der Waals surface area (Å²) in [7, 11) is 0. The lowest BCUT2D eigenvalue weighted by Gasteiger charge is -2.24. The third-order valence-corrected chi connectivity index (χ3v) is 3.42. The zero-order valence-electron chi connectivity index (χ0n) is 11.1. The fourth-order valence-corrected chi connectivity index (χ4v) is 2.28. The van der Waals surface area contributed by atoms with Crippen molar-refractivity contribution in [1.29, 1.82) is 0 Å². The fourth-order valence-electron chi connectivity index (χ4n) is 2.28. The highest BCUT2D eigenvalue weighted by Gasteiger charge is 2.23. The predicted octanol–water partition coefficient (Wildman–Crippen LogP) is 1.91. The maximum absolute atomic E-state index is 13.2. The first kappa shape index (κ1) is 13.8. The molecule has 19 heavy (non-hydrogen) atoms. The van der Waals surface area contributed by atoms with Crippen LogP contribution in [0.15, 0.2) is 18.2 Å². The van der Waals surface area contributed by atoms with E-state index in [4.69, 9.17) is 10.5 Å². The Balaban J connectivity index is 2.12. The topological polar surface area (TPSA) is 55.6 Å². The summed E-state index contributed by atoms with van der Waals surface area (Å²) >= 11 is 0. The molecule has 1 aliphatic rings. The minimum Gasteiger partial charge on any atom is -0.398 e. The quantitative estimate of drug-likeness (QED) is 0.847. The number of nitrogens with zero attached hydrogens (tertiary/aromatic N) is 1. The second kappa shape index (κ2) is 6.02. The maximum Gasteiger partial charge on any atom is 0.256 e. The van der Waals surface area contributed by atoms with Gasteiger partial charge < -0.3 is 15.4 Å². The van der Waals surface area contributed by atoms with Gasteiger partial charge in [0, 0.05) is 31.3 Å². The number of hydrogen-bond acceptors (Lipinski definition) is 3. The van der Waals surface area contributed by atoms with Crippen LogP contribution in [-0.2, 0) is 4.74 Å². The van der Waals surface area contributed by atoms with Gasteiger partial charge in [0.25, 0.3) is 5.91 Å². The lowest BCUT2D eigenvalue weighted by atomic mass is 10.1. The molecule has 2 rings (SSSR count). The van der Waals surface area contributed by atoms with Crippen LogP contribution in [0.2, 0.25) is 0 Å². The zero-order chi connectivity index (χ0) is 13.8. The van der Waals surface area contributed by atoms with Gasteiger partial charge in [-0.2, -0.15) is 0 Å². The van der Waals surface area contributed by atoms with E-state index in [2.05, 4.69) is 0 Å². The molecular formula is C14H19FN2O2. The van der Waals surface area contributed by atoms with Crippen LogP contribution in [0.4, 0.5) is 10.1 Å². The van der Waals surface area contributed by atoms with Crippen LogP contribution in [0.5, 0.6) is 0 Å². The molecule has 1 saturated heterocycles. The Hall–Kier alpha value is -1.62. The molecule has 0 radical (unpaired) electrons. The maximum atomic E-state index is 13.2. The predicted molar refractivity (Wildman–Crippen MR) is 71.3 cm³/mol. The van der Waals surface area contributed by atoms with Crippen LogP contribution < -0.4 is 5.73 Å². The molecule has 1 aromatic carbocycles. The molecule has 0 aliphatic carbocycles. The lowest BCUT2D eigenvalue weighted by Crippen LogP contribution is -2.36. The average molecular weight is 266 g/mol. The van der Waals surface area contributed by atoms with Crippen molar-refractivity contribution in [2.75, 3.05) is 32.0 Å². The third-order valence-electron chi connectivity index (χ3n) is 3.42. The number of carbonyl (C=O) groups is 1. The SMILES string of the molecule is CCN(CC1CCOC1)C(=O)c1cc(F)ccc1N. The van der Waals surface area contributed by atoms with Crippen molar-refractivity contribution in [3.8, 4) is 0 Å². The second-order valence-electron chi connectivity index (χ2n) is 4.80. The van der Waals surface area contributed by atoms with Crippen LogP contribution in [0.25, 0.3) is 0 Å². The van der Waals surface area contributed by atoms with Gasteiger partial charge in [-0.1, -0.05) is 0 Å². The number of ether oxygens (including phenoxy) is 1. The minimum absolute atomic E-state index is 0.216. The number of nitrogens with two attached hydrogens (primary N) is 1. The summed E-state index contributed by atoms with van der Waals surface area (Å²) in [6.45, 7) is 4.54. The molecule has 0 aromatic heterocycles. The van der Waals surface area contributed by atoms with Crippen molar-refractivity contribution in [3.05, 3.63) is 29.6 Å². The first-order valence-corrected chi connectivity index (χ1v) is 6.54. The van der Waals surface area contributed by atoms with E-state index in [0.717, 1.165) is 13.0 Å². The number of carbonyl (C=O) groups excluding carboxylic acids is 1. The Morgan fingerprint density at radius 3 is 3.00 bits per heavy atom. The van der Waals surface area contributed by atoms with E-state index in [0.29, 0.717) is 31.3 Å². The van der Waals surface area contributed by atoms with Crippen molar-refractivity contribution in [1.82, 2.24) is 4.90 Å². The summed E-state index contributed by atoms with van der Waals surface area (Å²) < 4.78 is 18.5. The molecule has 1 unspecified atom stereocenters. The third kappa shape index (κ3) is 3.23. The standard InChI is InChI=1S/C14H19FN2O2/c1-2-17(8-10-5-6-19-9-10)14(18)12-7-11(15)3-4-13(12)16/h3-4,7,10H,2,5-6,8-9,16H2,1H3. The van der Waals surface area contributed by atoms with Crippen LogP contribution in [-0.4, -0.2) is 37.1 Å². The van der Waals surface area contributed by atoms with Crippen molar-refractivity contribution in [3.63, 3.8) is 0 Å². The van der Waals surface area contributed by atoms with E-state index in [9.17, 15) is 9.18 Å². The van der Waals surface area contributed by atoms with Gasteiger partial charge in [0.15, 0.2) is 0 Å². The molecule has 1 atom stereocenters. The number of amides is 1. The molecule has 1 heterocycles. The number of nitrogen functional groups attached to an aromatic ring is 1. The second-order valence-corrected chi connectivity index (χ2v) is 4.80. The molecule has 2 N–H and O–H groups in total. The van der Waals surface area contributed by atoms with Gasteiger partial charge in [-0.3, -0.25) is 4.79 Å². The molecule has 0 bridgehead atoms. The van der Waals surface area contributed by atoms with Gasteiger partial charge in [0.05, 0.1) is 12.2 Å². The fraction of sp³-hybridized carbons (Fsp3) is 0.500. The number of hydrogen-bond donors (Lipinski definition) is 1. The molecule has 104 valence electrons. The van der Waals surface area contributed by atoms with E-state index in [1.165, 1.54) is 18.2 Å². The van der Waals surface area contributed by atoms with Crippen molar-refractivity contribution >= 4 is 11.6 Å². The van der Waals surface area contributed by atoms with Gasteiger partial charge in [0.1, 0.15) is 5.82 Å². The summed E-state index contributed by atoms with van der Waals surface area (Å²) in [5.41, 5.74) is 6.30. The minimum atomic E-state index is -0.446. The number of benzene rings is 1. The van der Waals surface area contributed by atoms with E-state index in [1.807, 2.05) is 6.92 Å². The van der Waals surface area contributed by atoms with Crippen molar-refractivity contribution < 1.29 is 13.9 Å². The largest absolute Gasteiger partial charge is 0.398 e. The Morgan fingerprint density at radius 2 is 2.37 bits per heavy atom. The molecule has 1 amide bonds. The number of halogens is 1. The van der Waals surface area contributed by atoms with Crippen LogP contribution >= 0.6 is 0 Å². The Bertz CT molecular complexity index is 459. The molecule has 1 aromatic rings. The Morgan fingerprint density at radius 1 is 1.58 bits per heavy atom. The van der Waals surface area contributed by atoms with Crippen LogP contribution in [0.3, 0.4) is 0 Å². The summed E-state index contributed by atoms with van der Waals surface area (Å²) in [6, 6.07) is 3.88. The first-order chi connectivity index (χ1) is 9.11. The van der Waals surface area contributed by atoms with Gasteiger partial charge >= 0.3 is 0 Å².